The Hall–Kier alpha value is -1.74. The number of benzene rings is 1. The maximum Gasteiger partial charge on any atom is 0.138 e. The van der Waals surface area contributed by atoms with Crippen molar-refractivity contribution >= 4 is 0 Å². The van der Waals surface area contributed by atoms with Crippen LogP contribution in [0.4, 0.5) is 0 Å². The van der Waals surface area contributed by atoms with Gasteiger partial charge in [-0.05, 0) is 45.2 Å². The van der Waals surface area contributed by atoms with E-state index < -0.39 is 0 Å². The van der Waals surface area contributed by atoms with E-state index in [9.17, 15) is 0 Å². The van der Waals surface area contributed by atoms with E-state index in [1.165, 1.54) is 0 Å². The van der Waals surface area contributed by atoms with E-state index in [0.29, 0.717) is 0 Å². The van der Waals surface area contributed by atoms with Crippen molar-refractivity contribution in [2.45, 2.75) is 26.5 Å². The average Bonchev–Trinajstić information content (AvgIpc) is 2.78. The van der Waals surface area contributed by atoms with Crippen LogP contribution >= 0.6 is 0 Å². The third kappa shape index (κ3) is 2.93. The molecular formula is C15H19NO2. The summed E-state index contributed by atoms with van der Waals surface area (Å²) in [6.07, 6.45) is 0.151. The number of rotatable bonds is 5. The molecule has 2 aromatic rings. The van der Waals surface area contributed by atoms with Crippen LogP contribution in [0, 0.1) is 0 Å². The van der Waals surface area contributed by atoms with Gasteiger partial charge in [-0.3, -0.25) is 0 Å². The molecule has 0 spiro atoms. The van der Waals surface area contributed by atoms with Gasteiger partial charge in [0.1, 0.15) is 17.3 Å². The number of nitrogens with one attached hydrogen (secondary N) is 1. The fourth-order valence-corrected chi connectivity index (χ4v) is 1.82. The summed E-state index contributed by atoms with van der Waals surface area (Å²) in [5, 5.41) is 3.07. The highest BCUT2D eigenvalue weighted by molar-refractivity contribution is 5.65. The summed E-state index contributed by atoms with van der Waals surface area (Å²) in [7, 11) is 1.90. The molecule has 0 aliphatic heterocycles. The predicted molar refractivity (Wildman–Crippen MR) is 72.7 cm³/mol. The van der Waals surface area contributed by atoms with Crippen LogP contribution in [0.2, 0.25) is 0 Å². The molecule has 3 heteroatoms. The second kappa shape index (κ2) is 5.74. The molecule has 0 saturated heterocycles. The van der Waals surface area contributed by atoms with Gasteiger partial charge in [0.25, 0.3) is 0 Å². The molecule has 1 heterocycles. The van der Waals surface area contributed by atoms with Crippen molar-refractivity contribution in [3.05, 3.63) is 42.2 Å². The number of para-hydroxylation sites is 1. The minimum Gasteiger partial charge on any atom is -0.490 e. The van der Waals surface area contributed by atoms with E-state index in [2.05, 4.69) is 5.32 Å². The monoisotopic (exact) mass is 245 g/mol. The lowest BCUT2D eigenvalue weighted by molar-refractivity contribution is 0.243. The lowest BCUT2D eigenvalue weighted by Gasteiger charge is -2.12. The summed E-state index contributed by atoms with van der Waals surface area (Å²) >= 11 is 0. The van der Waals surface area contributed by atoms with Gasteiger partial charge in [0.05, 0.1) is 18.2 Å². The van der Waals surface area contributed by atoms with Gasteiger partial charge >= 0.3 is 0 Å². The maximum absolute atomic E-state index is 5.79. The minimum absolute atomic E-state index is 0.151. The topological polar surface area (TPSA) is 34.4 Å². The molecule has 18 heavy (non-hydrogen) atoms. The van der Waals surface area contributed by atoms with E-state index in [0.717, 1.165) is 29.4 Å². The average molecular weight is 245 g/mol. The summed E-state index contributed by atoms with van der Waals surface area (Å²) < 4.78 is 11.6. The Kier molecular flexibility index (Phi) is 4.05. The van der Waals surface area contributed by atoms with Gasteiger partial charge < -0.3 is 14.5 Å². The zero-order chi connectivity index (χ0) is 13.0. The summed E-state index contributed by atoms with van der Waals surface area (Å²) in [6, 6.07) is 11.9. The summed E-state index contributed by atoms with van der Waals surface area (Å²) in [5.74, 6) is 2.63. The van der Waals surface area contributed by atoms with E-state index in [4.69, 9.17) is 9.15 Å². The second-order valence-electron chi connectivity index (χ2n) is 4.46. The Labute approximate surface area is 108 Å². The van der Waals surface area contributed by atoms with Crippen molar-refractivity contribution in [3.8, 4) is 17.1 Å². The number of furan rings is 1. The molecular weight excluding hydrogens is 226 g/mol. The third-order valence-electron chi connectivity index (χ3n) is 2.53. The number of hydrogen-bond donors (Lipinski definition) is 1. The first-order valence-corrected chi connectivity index (χ1v) is 6.20. The number of ether oxygens (including phenoxy) is 1. The molecule has 0 atom stereocenters. The third-order valence-corrected chi connectivity index (χ3v) is 2.53. The Bertz CT molecular complexity index is 503. The molecule has 1 N–H and O–H groups in total. The van der Waals surface area contributed by atoms with E-state index >= 15 is 0 Å². The highest BCUT2D eigenvalue weighted by Crippen LogP contribution is 2.31. The largest absolute Gasteiger partial charge is 0.490 e. The van der Waals surface area contributed by atoms with Crippen molar-refractivity contribution in [2.75, 3.05) is 7.05 Å². The van der Waals surface area contributed by atoms with Gasteiger partial charge in [0.2, 0.25) is 0 Å². The van der Waals surface area contributed by atoms with E-state index in [1.54, 1.807) is 0 Å². The quantitative estimate of drug-likeness (QED) is 0.876. The first-order valence-electron chi connectivity index (χ1n) is 6.20. The zero-order valence-electron chi connectivity index (χ0n) is 11.1. The molecule has 1 aromatic carbocycles. The zero-order valence-corrected chi connectivity index (χ0v) is 11.1. The molecule has 0 bridgehead atoms. The van der Waals surface area contributed by atoms with Crippen molar-refractivity contribution in [2.24, 2.45) is 0 Å². The molecule has 0 aliphatic carbocycles. The summed E-state index contributed by atoms with van der Waals surface area (Å²) in [5.41, 5.74) is 0.994. The standard InChI is InChI=1S/C15H19NO2/c1-11(2)17-14-7-5-4-6-13(14)15-9-8-12(18-15)10-16-3/h4-9,11,16H,10H2,1-3H3. The Morgan fingerprint density at radius 1 is 1.17 bits per heavy atom. The van der Waals surface area contributed by atoms with Crippen molar-refractivity contribution in [3.63, 3.8) is 0 Å². The van der Waals surface area contributed by atoms with Gasteiger partial charge in [0.15, 0.2) is 0 Å². The van der Waals surface area contributed by atoms with Crippen LogP contribution < -0.4 is 10.1 Å². The molecule has 0 amide bonds. The first kappa shape index (κ1) is 12.7. The van der Waals surface area contributed by atoms with Crippen molar-refractivity contribution < 1.29 is 9.15 Å². The van der Waals surface area contributed by atoms with Crippen molar-refractivity contribution in [1.82, 2.24) is 5.32 Å². The fraction of sp³-hybridized carbons (Fsp3) is 0.333. The lowest BCUT2D eigenvalue weighted by Crippen LogP contribution is -2.06. The molecule has 0 radical (unpaired) electrons. The molecule has 96 valence electrons. The lowest BCUT2D eigenvalue weighted by atomic mass is 10.1. The van der Waals surface area contributed by atoms with Crippen LogP contribution in [0.25, 0.3) is 11.3 Å². The van der Waals surface area contributed by atoms with Crippen LogP contribution in [-0.4, -0.2) is 13.2 Å². The smallest absolute Gasteiger partial charge is 0.138 e. The van der Waals surface area contributed by atoms with E-state index in [-0.39, 0.29) is 6.10 Å². The molecule has 0 aliphatic rings. The fourth-order valence-electron chi connectivity index (χ4n) is 1.82. The van der Waals surface area contributed by atoms with Crippen LogP contribution in [0.3, 0.4) is 0 Å². The highest BCUT2D eigenvalue weighted by atomic mass is 16.5. The highest BCUT2D eigenvalue weighted by Gasteiger charge is 2.10. The first-order chi connectivity index (χ1) is 8.70. The predicted octanol–water partition coefficient (Wildman–Crippen LogP) is 3.45. The van der Waals surface area contributed by atoms with Crippen LogP contribution in [-0.2, 0) is 6.54 Å². The van der Waals surface area contributed by atoms with Gasteiger partial charge in [-0.25, -0.2) is 0 Å². The van der Waals surface area contributed by atoms with Gasteiger partial charge in [0, 0.05) is 0 Å². The Morgan fingerprint density at radius 3 is 2.67 bits per heavy atom. The number of hydrogen-bond acceptors (Lipinski definition) is 3. The molecule has 1 aromatic heterocycles. The Balaban J connectivity index is 2.30. The molecule has 0 unspecified atom stereocenters. The van der Waals surface area contributed by atoms with Crippen LogP contribution in [0.15, 0.2) is 40.8 Å². The van der Waals surface area contributed by atoms with Crippen LogP contribution in [0.1, 0.15) is 19.6 Å². The molecule has 2 rings (SSSR count). The minimum atomic E-state index is 0.151. The molecule has 0 saturated carbocycles. The molecule has 0 fully saturated rings. The van der Waals surface area contributed by atoms with Crippen LogP contribution in [0.5, 0.6) is 5.75 Å². The molecule has 3 nitrogen and oxygen atoms in total. The Morgan fingerprint density at radius 2 is 1.94 bits per heavy atom. The van der Waals surface area contributed by atoms with Gasteiger partial charge in [-0.15, -0.1) is 0 Å². The summed E-state index contributed by atoms with van der Waals surface area (Å²) in [6.45, 7) is 4.77. The maximum atomic E-state index is 5.79. The van der Waals surface area contributed by atoms with Gasteiger partial charge in [-0.1, -0.05) is 12.1 Å². The van der Waals surface area contributed by atoms with E-state index in [1.807, 2.05) is 57.3 Å². The normalized spacial score (nSPS) is 10.9. The van der Waals surface area contributed by atoms with Gasteiger partial charge in [-0.2, -0.15) is 0 Å². The van der Waals surface area contributed by atoms with Crippen molar-refractivity contribution in [1.29, 1.82) is 0 Å². The second-order valence-corrected chi connectivity index (χ2v) is 4.46. The summed E-state index contributed by atoms with van der Waals surface area (Å²) in [4.78, 5) is 0. The SMILES string of the molecule is CNCc1ccc(-c2ccccc2OC(C)C)o1.